The second-order valence-corrected chi connectivity index (χ2v) is 8.15. The van der Waals surface area contributed by atoms with Gasteiger partial charge in [-0.2, -0.15) is 0 Å². The number of hydrogen-bond acceptors (Lipinski definition) is 5. The SMILES string of the molecule is CCOc1c(Cl)cc(/C=c2/s/c(=C\C(=O)C(C)(C)C)[nH]c2=O)cc1OC. The average Bonchev–Trinajstić information content (AvgIpc) is 2.88. The number of hydrogen-bond donors (Lipinski definition) is 1. The Hall–Kier alpha value is -2.05. The second-order valence-electron chi connectivity index (χ2n) is 6.65. The van der Waals surface area contributed by atoms with E-state index in [1.165, 1.54) is 24.5 Å². The lowest BCUT2D eigenvalue weighted by molar-refractivity contribution is -0.119. The van der Waals surface area contributed by atoms with Crippen molar-refractivity contribution in [3.05, 3.63) is 42.3 Å². The monoisotopic (exact) mass is 395 g/mol. The van der Waals surface area contributed by atoms with E-state index in [2.05, 4.69) is 4.98 Å². The molecule has 0 radical (unpaired) electrons. The fourth-order valence-corrected chi connectivity index (χ4v) is 3.28. The summed E-state index contributed by atoms with van der Waals surface area (Å²) in [6.07, 6.45) is 3.17. The number of halogens is 1. The number of aromatic amines is 1. The van der Waals surface area contributed by atoms with Crippen LogP contribution < -0.4 is 24.2 Å². The van der Waals surface area contributed by atoms with Crippen molar-refractivity contribution in [2.45, 2.75) is 27.7 Å². The zero-order valence-corrected chi connectivity index (χ0v) is 17.0. The van der Waals surface area contributed by atoms with Crippen LogP contribution in [0.4, 0.5) is 0 Å². The molecule has 1 aromatic carbocycles. The summed E-state index contributed by atoms with van der Waals surface area (Å²) < 4.78 is 11.8. The molecule has 0 saturated heterocycles. The van der Waals surface area contributed by atoms with Gasteiger partial charge in [-0.15, -0.1) is 11.3 Å². The predicted molar refractivity (Wildman–Crippen MR) is 106 cm³/mol. The number of Topliss-reactive ketones (excluding diaryl/α,β-unsaturated/α-hetero) is 1. The summed E-state index contributed by atoms with van der Waals surface area (Å²) in [7, 11) is 1.53. The summed E-state index contributed by atoms with van der Waals surface area (Å²) in [5, 5.41) is 0.403. The van der Waals surface area contributed by atoms with Crippen molar-refractivity contribution < 1.29 is 14.3 Å². The number of carbonyl (C=O) groups is 1. The first kappa shape index (κ1) is 20.3. The summed E-state index contributed by atoms with van der Waals surface area (Å²) in [6, 6.07) is 3.46. The molecule has 2 aromatic rings. The Kier molecular flexibility index (Phi) is 6.31. The van der Waals surface area contributed by atoms with Gasteiger partial charge in [-0.1, -0.05) is 32.4 Å². The molecule has 0 aliphatic rings. The van der Waals surface area contributed by atoms with Crippen molar-refractivity contribution in [3.63, 3.8) is 0 Å². The van der Waals surface area contributed by atoms with E-state index < -0.39 is 5.41 Å². The first-order chi connectivity index (χ1) is 12.2. The maximum Gasteiger partial charge on any atom is 0.266 e. The standard InChI is InChI=1S/C19H22ClNO4S/c1-6-25-17-12(20)7-11(8-13(17)24-5)9-14-18(23)21-16(26-14)10-15(22)19(2,3)4/h7-10H,6H2,1-5H3,(H,21,23)/b14-9+,16-10-. The average molecular weight is 396 g/mol. The molecule has 1 N–H and O–H groups in total. The zero-order chi connectivity index (χ0) is 19.5. The Morgan fingerprint density at radius 2 is 2.04 bits per heavy atom. The van der Waals surface area contributed by atoms with Crippen LogP contribution in [0.1, 0.15) is 33.3 Å². The van der Waals surface area contributed by atoms with Crippen molar-refractivity contribution in [1.29, 1.82) is 0 Å². The van der Waals surface area contributed by atoms with E-state index in [4.69, 9.17) is 21.1 Å². The Morgan fingerprint density at radius 3 is 2.62 bits per heavy atom. The molecular formula is C19H22ClNO4S. The summed E-state index contributed by atoms with van der Waals surface area (Å²) in [4.78, 5) is 27.0. The summed E-state index contributed by atoms with van der Waals surface area (Å²) >= 11 is 7.48. The van der Waals surface area contributed by atoms with E-state index in [9.17, 15) is 9.59 Å². The third-order valence-corrected chi connectivity index (χ3v) is 4.76. The topological polar surface area (TPSA) is 68.4 Å². The first-order valence-electron chi connectivity index (χ1n) is 8.13. The number of methoxy groups -OCH3 is 1. The van der Waals surface area contributed by atoms with Gasteiger partial charge in [0.15, 0.2) is 17.3 Å². The third kappa shape index (κ3) is 4.77. The molecule has 0 aliphatic heterocycles. The number of ketones is 1. The van der Waals surface area contributed by atoms with Crippen molar-refractivity contribution in [2.24, 2.45) is 5.41 Å². The number of ether oxygens (including phenoxy) is 2. The molecule has 5 nitrogen and oxygen atoms in total. The summed E-state index contributed by atoms with van der Waals surface area (Å²) in [6.45, 7) is 7.82. The van der Waals surface area contributed by atoms with Gasteiger partial charge in [-0.05, 0) is 30.7 Å². The van der Waals surface area contributed by atoms with Crippen LogP contribution in [-0.4, -0.2) is 24.5 Å². The lowest BCUT2D eigenvalue weighted by Gasteiger charge is -2.12. The number of aromatic nitrogens is 1. The number of nitrogens with one attached hydrogen (secondary N) is 1. The highest BCUT2D eigenvalue weighted by atomic mass is 35.5. The van der Waals surface area contributed by atoms with Gasteiger partial charge in [0.1, 0.15) is 0 Å². The van der Waals surface area contributed by atoms with Crippen molar-refractivity contribution >= 4 is 40.9 Å². The fourth-order valence-electron chi connectivity index (χ4n) is 2.12. The van der Waals surface area contributed by atoms with E-state index in [-0.39, 0.29) is 11.3 Å². The third-order valence-electron chi connectivity index (χ3n) is 3.52. The van der Waals surface area contributed by atoms with Gasteiger partial charge in [-0.25, -0.2) is 0 Å². The highest BCUT2D eigenvalue weighted by Gasteiger charge is 2.18. The number of carbonyl (C=O) groups excluding carboxylic acids is 1. The van der Waals surface area contributed by atoms with E-state index in [0.29, 0.717) is 37.9 Å². The Morgan fingerprint density at radius 1 is 1.35 bits per heavy atom. The smallest absolute Gasteiger partial charge is 0.266 e. The van der Waals surface area contributed by atoms with Gasteiger partial charge < -0.3 is 14.5 Å². The molecule has 1 heterocycles. The minimum absolute atomic E-state index is 0.0488. The predicted octanol–water partition coefficient (Wildman–Crippen LogP) is 2.72. The Labute approximate surface area is 160 Å². The Bertz CT molecular complexity index is 982. The molecule has 0 amide bonds. The van der Waals surface area contributed by atoms with E-state index in [1.807, 2.05) is 27.7 Å². The fraction of sp³-hybridized carbons (Fsp3) is 0.368. The second kappa shape index (κ2) is 8.10. The van der Waals surface area contributed by atoms with Crippen LogP contribution in [0.15, 0.2) is 16.9 Å². The summed E-state index contributed by atoms with van der Waals surface area (Å²) in [5.41, 5.74) is -0.0518. The molecule has 7 heteroatoms. The number of rotatable bonds is 5. The maximum absolute atomic E-state index is 12.2. The Balaban J connectivity index is 2.52. The molecule has 2 rings (SSSR count). The molecule has 0 spiro atoms. The number of benzene rings is 1. The van der Waals surface area contributed by atoms with Crippen LogP contribution in [0, 0.1) is 5.41 Å². The van der Waals surface area contributed by atoms with Gasteiger partial charge in [-0.3, -0.25) is 9.59 Å². The molecule has 0 aliphatic carbocycles. The van der Waals surface area contributed by atoms with Gasteiger partial charge in [0.25, 0.3) is 5.56 Å². The van der Waals surface area contributed by atoms with E-state index >= 15 is 0 Å². The van der Waals surface area contributed by atoms with Crippen molar-refractivity contribution in [1.82, 2.24) is 4.98 Å². The van der Waals surface area contributed by atoms with Crippen molar-refractivity contribution in [2.75, 3.05) is 13.7 Å². The molecule has 0 fully saturated rings. The van der Waals surface area contributed by atoms with Gasteiger partial charge in [0.05, 0.1) is 27.9 Å². The number of H-pyrrole nitrogens is 1. The minimum Gasteiger partial charge on any atom is -0.493 e. The molecule has 0 atom stereocenters. The highest BCUT2D eigenvalue weighted by molar-refractivity contribution is 7.07. The zero-order valence-electron chi connectivity index (χ0n) is 15.4. The highest BCUT2D eigenvalue weighted by Crippen LogP contribution is 2.36. The van der Waals surface area contributed by atoms with Crippen LogP contribution in [0.25, 0.3) is 12.2 Å². The van der Waals surface area contributed by atoms with Crippen LogP contribution in [0.5, 0.6) is 11.5 Å². The van der Waals surface area contributed by atoms with Crippen LogP contribution >= 0.6 is 22.9 Å². The molecule has 0 unspecified atom stereocenters. The molecule has 26 heavy (non-hydrogen) atoms. The lowest BCUT2D eigenvalue weighted by atomic mass is 9.91. The largest absolute Gasteiger partial charge is 0.493 e. The molecule has 1 aromatic heterocycles. The number of thiazole rings is 1. The van der Waals surface area contributed by atoms with Crippen molar-refractivity contribution in [3.8, 4) is 11.5 Å². The van der Waals surface area contributed by atoms with E-state index in [1.54, 1.807) is 18.2 Å². The quantitative estimate of drug-likeness (QED) is 0.845. The first-order valence-corrected chi connectivity index (χ1v) is 9.32. The minimum atomic E-state index is -0.499. The molecule has 0 bridgehead atoms. The van der Waals surface area contributed by atoms with Crippen LogP contribution in [-0.2, 0) is 4.79 Å². The lowest BCUT2D eigenvalue weighted by Crippen LogP contribution is -2.22. The summed E-state index contributed by atoms with van der Waals surface area (Å²) in [5.74, 6) is 0.916. The van der Waals surface area contributed by atoms with Crippen LogP contribution in [0.2, 0.25) is 5.02 Å². The van der Waals surface area contributed by atoms with Crippen LogP contribution in [0.3, 0.4) is 0 Å². The molecule has 0 saturated carbocycles. The molecular weight excluding hydrogens is 374 g/mol. The maximum atomic E-state index is 12.2. The van der Waals surface area contributed by atoms with E-state index in [0.717, 1.165) is 0 Å². The van der Waals surface area contributed by atoms with Gasteiger partial charge >= 0.3 is 0 Å². The normalized spacial score (nSPS) is 13.2. The van der Waals surface area contributed by atoms with Gasteiger partial charge in [0, 0.05) is 11.5 Å². The molecule has 140 valence electrons. The van der Waals surface area contributed by atoms with Gasteiger partial charge in [0.2, 0.25) is 0 Å².